The smallest absolute Gasteiger partial charge is 0.410 e. The lowest BCUT2D eigenvalue weighted by molar-refractivity contribution is -0.0571. The van der Waals surface area contributed by atoms with Gasteiger partial charge in [-0.2, -0.15) is 0 Å². The zero-order valence-electron chi connectivity index (χ0n) is 16.1. The highest BCUT2D eigenvalue weighted by atomic mass is 16.6. The summed E-state index contributed by atoms with van der Waals surface area (Å²) >= 11 is 0. The van der Waals surface area contributed by atoms with Crippen molar-refractivity contribution in [3.63, 3.8) is 0 Å². The molecule has 1 heterocycles. The van der Waals surface area contributed by atoms with Gasteiger partial charge in [-0.3, -0.25) is 0 Å². The summed E-state index contributed by atoms with van der Waals surface area (Å²) in [6.07, 6.45) is 0.671. The Morgan fingerprint density at radius 3 is 2.56 bits per heavy atom. The van der Waals surface area contributed by atoms with Crippen LogP contribution in [0.1, 0.15) is 46.6 Å². The van der Waals surface area contributed by atoms with Crippen molar-refractivity contribution >= 4 is 6.09 Å². The third-order valence-corrected chi connectivity index (χ3v) is 4.07. The average Bonchev–Trinajstić information content (AvgIpc) is 2.52. The van der Waals surface area contributed by atoms with Gasteiger partial charge in [0.15, 0.2) is 0 Å². The number of carbonyl (C=O) groups excluding carboxylic acids is 1. The van der Waals surface area contributed by atoms with Crippen LogP contribution in [0.3, 0.4) is 0 Å². The first-order chi connectivity index (χ1) is 11.7. The molecule has 25 heavy (non-hydrogen) atoms. The van der Waals surface area contributed by atoms with E-state index in [0.29, 0.717) is 13.1 Å². The van der Waals surface area contributed by atoms with Gasteiger partial charge in [0, 0.05) is 19.1 Å². The van der Waals surface area contributed by atoms with E-state index in [0.717, 1.165) is 13.0 Å². The van der Waals surface area contributed by atoms with E-state index in [4.69, 9.17) is 9.47 Å². The van der Waals surface area contributed by atoms with Crippen LogP contribution in [-0.4, -0.2) is 47.9 Å². The molecule has 1 aliphatic heterocycles. The molecule has 1 aromatic carbocycles. The summed E-state index contributed by atoms with van der Waals surface area (Å²) in [7, 11) is 0. The summed E-state index contributed by atoms with van der Waals surface area (Å²) in [5, 5.41) is 3.60. The fraction of sp³-hybridized carbons (Fsp3) is 0.650. The van der Waals surface area contributed by atoms with E-state index < -0.39 is 5.60 Å². The molecule has 1 N–H and O–H groups in total. The second-order valence-electron chi connectivity index (χ2n) is 7.91. The van der Waals surface area contributed by atoms with Crippen molar-refractivity contribution in [2.45, 2.75) is 71.4 Å². The lowest BCUT2D eigenvalue weighted by Crippen LogP contribution is -2.56. The van der Waals surface area contributed by atoms with E-state index in [1.807, 2.05) is 52.8 Å². The highest BCUT2D eigenvalue weighted by molar-refractivity contribution is 5.68. The average molecular weight is 348 g/mol. The summed E-state index contributed by atoms with van der Waals surface area (Å²) in [4.78, 5) is 14.1. The molecule has 0 radical (unpaired) electrons. The quantitative estimate of drug-likeness (QED) is 0.884. The Bertz CT molecular complexity index is 540. The van der Waals surface area contributed by atoms with Crippen LogP contribution in [0, 0.1) is 0 Å². The first kappa shape index (κ1) is 19.7. The predicted octanol–water partition coefficient (Wildman–Crippen LogP) is 3.58. The van der Waals surface area contributed by atoms with Crippen LogP contribution in [0.4, 0.5) is 4.79 Å². The Balaban J connectivity index is 1.96. The lowest BCUT2D eigenvalue weighted by Gasteiger charge is -2.40. The Hall–Kier alpha value is -1.59. The molecule has 0 spiro atoms. The summed E-state index contributed by atoms with van der Waals surface area (Å²) in [6, 6.07) is 10.6. The van der Waals surface area contributed by atoms with Gasteiger partial charge in [-0.15, -0.1) is 0 Å². The SMILES string of the molecule is CC(C)OC1CN(C(=O)OC(C)(C)C)CCC1NCc1ccccc1. The third kappa shape index (κ3) is 6.67. The van der Waals surface area contributed by atoms with Crippen molar-refractivity contribution in [3.05, 3.63) is 35.9 Å². The molecular formula is C20H32N2O3. The van der Waals surface area contributed by atoms with Crippen LogP contribution in [-0.2, 0) is 16.0 Å². The maximum absolute atomic E-state index is 12.4. The van der Waals surface area contributed by atoms with Crippen molar-refractivity contribution < 1.29 is 14.3 Å². The second kappa shape index (κ2) is 8.68. The van der Waals surface area contributed by atoms with Gasteiger partial charge in [0.25, 0.3) is 0 Å². The largest absolute Gasteiger partial charge is 0.444 e. The summed E-state index contributed by atoms with van der Waals surface area (Å²) < 4.78 is 11.6. The highest BCUT2D eigenvalue weighted by Gasteiger charge is 2.34. The number of amides is 1. The summed E-state index contributed by atoms with van der Waals surface area (Å²) in [5.41, 5.74) is 0.772. The Morgan fingerprint density at radius 2 is 1.96 bits per heavy atom. The maximum atomic E-state index is 12.4. The zero-order chi connectivity index (χ0) is 18.4. The topological polar surface area (TPSA) is 50.8 Å². The molecule has 140 valence electrons. The number of hydrogen-bond acceptors (Lipinski definition) is 4. The van der Waals surface area contributed by atoms with Gasteiger partial charge in [-0.05, 0) is 46.6 Å². The minimum absolute atomic E-state index is 0.0371. The van der Waals surface area contributed by atoms with Gasteiger partial charge in [0.2, 0.25) is 0 Å². The molecule has 5 nitrogen and oxygen atoms in total. The molecular weight excluding hydrogens is 316 g/mol. The Kier molecular flexibility index (Phi) is 6.85. The van der Waals surface area contributed by atoms with E-state index in [1.54, 1.807) is 4.90 Å². The van der Waals surface area contributed by atoms with Crippen LogP contribution in [0.15, 0.2) is 30.3 Å². The normalized spacial score (nSPS) is 21.4. The number of nitrogens with one attached hydrogen (secondary N) is 1. The molecule has 2 unspecified atom stereocenters. The zero-order valence-corrected chi connectivity index (χ0v) is 16.1. The number of likely N-dealkylation sites (tertiary alicyclic amines) is 1. The van der Waals surface area contributed by atoms with Crippen LogP contribution in [0.5, 0.6) is 0 Å². The molecule has 1 aliphatic rings. The molecule has 0 saturated carbocycles. The minimum Gasteiger partial charge on any atom is -0.444 e. The number of piperidine rings is 1. The molecule has 0 bridgehead atoms. The standard InChI is InChI=1S/C20H32N2O3/c1-15(2)24-18-14-22(19(23)25-20(3,4)5)12-11-17(18)21-13-16-9-7-6-8-10-16/h6-10,15,17-18,21H,11-14H2,1-5H3. The number of nitrogens with zero attached hydrogens (tertiary/aromatic N) is 1. The van der Waals surface area contributed by atoms with Gasteiger partial charge in [0.05, 0.1) is 18.8 Å². The molecule has 0 aromatic heterocycles. The van der Waals surface area contributed by atoms with E-state index in [9.17, 15) is 4.79 Å². The van der Waals surface area contributed by atoms with Crippen LogP contribution in [0.25, 0.3) is 0 Å². The monoisotopic (exact) mass is 348 g/mol. The highest BCUT2D eigenvalue weighted by Crippen LogP contribution is 2.19. The number of benzene rings is 1. The molecule has 1 aromatic rings. The summed E-state index contributed by atoms with van der Waals surface area (Å²) in [5.74, 6) is 0. The van der Waals surface area contributed by atoms with E-state index in [2.05, 4.69) is 17.4 Å². The van der Waals surface area contributed by atoms with Crippen molar-refractivity contribution in [2.24, 2.45) is 0 Å². The van der Waals surface area contributed by atoms with Crippen LogP contribution < -0.4 is 5.32 Å². The van der Waals surface area contributed by atoms with Crippen molar-refractivity contribution in [1.82, 2.24) is 10.2 Å². The van der Waals surface area contributed by atoms with Gasteiger partial charge in [-0.1, -0.05) is 30.3 Å². The Labute approximate surface area is 151 Å². The predicted molar refractivity (Wildman–Crippen MR) is 99.5 cm³/mol. The molecule has 2 atom stereocenters. The summed E-state index contributed by atoms with van der Waals surface area (Å²) in [6.45, 7) is 11.8. The van der Waals surface area contributed by atoms with E-state index in [-0.39, 0.29) is 24.3 Å². The molecule has 2 rings (SSSR count). The molecule has 0 aliphatic carbocycles. The second-order valence-corrected chi connectivity index (χ2v) is 7.91. The van der Waals surface area contributed by atoms with Crippen LogP contribution in [0.2, 0.25) is 0 Å². The van der Waals surface area contributed by atoms with Gasteiger partial charge in [0.1, 0.15) is 5.60 Å². The van der Waals surface area contributed by atoms with E-state index in [1.165, 1.54) is 5.56 Å². The van der Waals surface area contributed by atoms with Gasteiger partial charge < -0.3 is 19.7 Å². The molecule has 1 amide bonds. The van der Waals surface area contributed by atoms with Crippen molar-refractivity contribution in [3.8, 4) is 0 Å². The first-order valence-corrected chi connectivity index (χ1v) is 9.15. The molecule has 5 heteroatoms. The van der Waals surface area contributed by atoms with Crippen molar-refractivity contribution in [2.75, 3.05) is 13.1 Å². The third-order valence-electron chi connectivity index (χ3n) is 4.07. The molecule has 1 saturated heterocycles. The number of carbonyl (C=O) groups is 1. The number of ether oxygens (including phenoxy) is 2. The Morgan fingerprint density at radius 1 is 1.28 bits per heavy atom. The van der Waals surface area contributed by atoms with E-state index >= 15 is 0 Å². The molecule has 1 fully saturated rings. The van der Waals surface area contributed by atoms with Crippen molar-refractivity contribution in [1.29, 1.82) is 0 Å². The maximum Gasteiger partial charge on any atom is 0.410 e. The first-order valence-electron chi connectivity index (χ1n) is 9.15. The number of hydrogen-bond donors (Lipinski definition) is 1. The minimum atomic E-state index is -0.478. The van der Waals surface area contributed by atoms with Gasteiger partial charge >= 0.3 is 6.09 Å². The fourth-order valence-electron chi connectivity index (χ4n) is 2.97. The number of rotatable bonds is 5. The fourth-order valence-corrected chi connectivity index (χ4v) is 2.97. The lowest BCUT2D eigenvalue weighted by atomic mass is 10.0. The van der Waals surface area contributed by atoms with Crippen LogP contribution >= 0.6 is 0 Å². The van der Waals surface area contributed by atoms with Gasteiger partial charge in [-0.25, -0.2) is 4.79 Å².